The number of para-hydroxylation sites is 1. The molecule has 1 aliphatic heterocycles. The van der Waals surface area contributed by atoms with Crippen molar-refractivity contribution in [2.75, 3.05) is 4.90 Å². The molecule has 1 atom stereocenters. The number of Topliss-reactive ketones (excluding diaryl/α,β-unsaturated/α-hetero) is 1. The second-order valence-corrected chi connectivity index (χ2v) is 8.29. The standard InChI is InChI=1S/C24H17N3O3S/c1-14-8-10-15(11-9-14)21(28)19-20(16-5-4-12-25-13-16)27(23(30)22(19)29)24-26-17-6-2-3-7-18(17)31-24/h2-13,20,28H,1H3/b21-19+. The van der Waals surface area contributed by atoms with Gasteiger partial charge < -0.3 is 5.11 Å². The van der Waals surface area contributed by atoms with Gasteiger partial charge in [0.1, 0.15) is 5.76 Å². The zero-order valence-corrected chi connectivity index (χ0v) is 17.3. The average Bonchev–Trinajstić information content (AvgIpc) is 3.33. The lowest BCUT2D eigenvalue weighted by Crippen LogP contribution is -2.29. The Balaban J connectivity index is 1.73. The van der Waals surface area contributed by atoms with Crippen molar-refractivity contribution in [3.8, 4) is 0 Å². The number of aryl methyl sites for hydroxylation is 1. The molecule has 1 saturated heterocycles. The Morgan fingerprint density at radius 3 is 2.52 bits per heavy atom. The number of ketones is 1. The van der Waals surface area contributed by atoms with Gasteiger partial charge in [-0.15, -0.1) is 0 Å². The molecule has 6 nitrogen and oxygen atoms in total. The fourth-order valence-corrected chi connectivity index (χ4v) is 4.71. The third-order valence-electron chi connectivity index (χ3n) is 5.26. The fraction of sp³-hybridized carbons (Fsp3) is 0.0833. The van der Waals surface area contributed by atoms with E-state index < -0.39 is 17.7 Å². The van der Waals surface area contributed by atoms with Gasteiger partial charge in [-0.1, -0.05) is 59.4 Å². The number of thiazole rings is 1. The highest BCUT2D eigenvalue weighted by Crippen LogP contribution is 2.44. The molecule has 0 radical (unpaired) electrons. The number of anilines is 1. The smallest absolute Gasteiger partial charge is 0.301 e. The Hall–Kier alpha value is -3.84. The van der Waals surface area contributed by atoms with Crippen LogP contribution in [0.2, 0.25) is 0 Å². The van der Waals surface area contributed by atoms with Gasteiger partial charge in [-0.25, -0.2) is 4.98 Å². The summed E-state index contributed by atoms with van der Waals surface area (Å²) in [6.07, 6.45) is 3.21. The van der Waals surface area contributed by atoms with E-state index in [1.54, 1.807) is 36.7 Å². The number of aromatic nitrogens is 2. The van der Waals surface area contributed by atoms with Crippen molar-refractivity contribution in [1.82, 2.24) is 9.97 Å². The van der Waals surface area contributed by atoms with Crippen LogP contribution in [0.5, 0.6) is 0 Å². The molecule has 1 amide bonds. The molecule has 0 bridgehead atoms. The minimum atomic E-state index is -0.824. The molecular weight excluding hydrogens is 410 g/mol. The van der Waals surface area contributed by atoms with Crippen molar-refractivity contribution in [3.63, 3.8) is 0 Å². The summed E-state index contributed by atoms with van der Waals surface area (Å²) >= 11 is 1.33. The summed E-state index contributed by atoms with van der Waals surface area (Å²) in [5.74, 6) is -1.68. The highest BCUT2D eigenvalue weighted by molar-refractivity contribution is 7.22. The number of aliphatic hydroxyl groups excluding tert-OH is 1. The third-order valence-corrected chi connectivity index (χ3v) is 6.29. The molecule has 7 heteroatoms. The number of carbonyl (C=O) groups is 2. The first-order valence-corrected chi connectivity index (χ1v) is 10.5. The van der Waals surface area contributed by atoms with Gasteiger partial charge in [-0.2, -0.15) is 0 Å². The molecule has 1 unspecified atom stereocenters. The highest BCUT2D eigenvalue weighted by Gasteiger charge is 2.48. The minimum absolute atomic E-state index is 0.0288. The van der Waals surface area contributed by atoms with Gasteiger partial charge in [0.2, 0.25) is 0 Å². The summed E-state index contributed by atoms with van der Waals surface area (Å²) in [4.78, 5) is 36.4. The van der Waals surface area contributed by atoms with Crippen LogP contribution in [-0.4, -0.2) is 26.8 Å². The van der Waals surface area contributed by atoms with Gasteiger partial charge in [-0.3, -0.25) is 19.5 Å². The number of aliphatic hydroxyl groups is 1. The first-order valence-electron chi connectivity index (χ1n) is 9.68. The number of amides is 1. The minimum Gasteiger partial charge on any atom is -0.507 e. The van der Waals surface area contributed by atoms with E-state index in [2.05, 4.69) is 9.97 Å². The van der Waals surface area contributed by atoms with E-state index in [0.29, 0.717) is 16.3 Å². The quantitative estimate of drug-likeness (QED) is 0.293. The number of hydrogen-bond acceptors (Lipinski definition) is 6. The van der Waals surface area contributed by atoms with E-state index in [9.17, 15) is 14.7 Å². The van der Waals surface area contributed by atoms with Crippen LogP contribution in [0.1, 0.15) is 22.7 Å². The number of nitrogens with zero attached hydrogens (tertiary/aromatic N) is 3. The van der Waals surface area contributed by atoms with Gasteiger partial charge in [0.05, 0.1) is 21.8 Å². The van der Waals surface area contributed by atoms with E-state index in [4.69, 9.17) is 0 Å². The topological polar surface area (TPSA) is 83.4 Å². The van der Waals surface area contributed by atoms with Crippen molar-refractivity contribution in [2.45, 2.75) is 13.0 Å². The van der Waals surface area contributed by atoms with E-state index in [1.165, 1.54) is 16.2 Å². The largest absolute Gasteiger partial charge is 0.507 e. The molecule has 152 valence electrons. The van der Waals surface area contributed by atoms with Gasteiger partial charge in [0.15, 0.2) is 5.13 Å². The van der Waals surface area contributed by atoms with Crippen LogP contribution in [0.15, 0.2) is 78.6 Å². The summed E-state index contributed by atoms with van der Waals surface area (Å²) in [5, 5.41) is 11.5. The van der Waals surface area contributed by atoms with E-state index in [0.717, 1.165) is 15.8 Å². The molecule has 5 rings (SSSR count). The monoisotopic (exact) mass is 427 g/mol. The first-order chi connectivity index (χ1) is 15.0. The molecule has 31 heavy (non-hydrogen) atoms. The van der Waals surface area contributed by atoms with Crippen molar-refractivity contribution in [2.24, 2.45) is 0 Å². The Morgan fingerprint density at radius 2 is 1.81 bits per heavy atom. The predicted molar refractivity (Wildman–Crippen MR) is 120 cm³/mol. The fourth-order valence-electron chi connectivity index (χ4n) is 3.71. The molecular formula is C24H17N3O3S. The van der Waals surface area contributed by atoms with Gasteiger partial charge in [0.25, 0.3) is 5.78 Å². The first kappa shape index (κ1) is 19.1. The van der Waals surface area contributed by atoms with Gasteiger partial charge in [-0.05, 0) is 30.7 Å². The van der Waals surface area contributed by atoms with Crippen LogP contribution in [-0.2, 0) is 9.59 Å². The van der Waals surface area contributed by atoms with Crippen LogP contribution >= 0.6 is 11.3 Å². The second-order valence-electron chi connectivity index (χ2n) is 7.29. The van der Waals surface area contributed by atoms with Gasteiger partial charge >= 0.3 is 5.91 Å². The Labute approximate surface area is 182 Å². The van der Waals surface area contributed by atoms with Crippen molar-refractivity contribution < 1.29 is 14.7 Å². The average molecular weight is 427 g/mol. The molecule has 1 N–H and O–H groups in total. The summed E-state index contributed by atoms with van der Waals surface area (Å²) in [7, 11) is 0. The third kappa shape index (κ3) is 3.19. The molecule has 2 aromatic carbocycles. The van der Waals surface area contributed by atoms with E-state index >= 15 is 0 Å². The lowest BCUT2D eigenvalue weighted by molar-refractivity contribution is -0.132. The zero-order valence-electron chi connectivity index (χ0n) is 16.5. The van der Waals surface area contributed by atoms with Crippen molar-refractivity contribution >= 4 is 44.1 Å². The predicted octanol–water partition coefficient (Wildman–Crippen LogP) is 4.63. The van der Waals surface area contributed by atoms with Crippen LogP contribution in [0, 0.1) is 6.92 Å². The number of hydrogen-bond donors (Lipinski definition) is 1. The number of rotatable bonds is 3. The summed E-state index contributed by atoms with van der Waals surface area (Å²) < 4.78 is 0.905. The van der Waals surface area contributed by atoms with Crippen LogP contribution < -0.4 is 4.90 Å². The summed E-state index contributed by atoms with van der Waals surface area (Å²) in [5.41, 5.74) is 2.89. The molecule has 2 aromatic heterocycles. The van der Waals surface area contributed by atoms with E-state index in [-0.39, 0.29) is 11.3 Å². The van der Waals surface area contributed by atoms with Crippen LogP contribution in [0.25, 0.3) is 16.0 Å². The zero-order chi connectivity index (χ0) is 21.5. The molecule has 4 aromatic rings. The maximum absolute atomic E-state index is 13.1. The number of fused-ring (bicyclic) bond motifs is 1. The maximum Gasteiger partial charge on any atom is 0.301 e. The Bertz CT molecular complexity index is 1310. The molecule has 0 spiro atoms. The van der Waals surface area contributed by atoms with Crippen molar-refractivity contribution in [3.05, 3.63) is 95.3 Å². The molecule has 0 saturated carbocycles. The Kier molecular flexibility index (Phi) is 4.60. The lowest BCUT2D eigenvalue weighted by atomic mass is 9.96. The number of benzene rings is 2. The summed E-state index contributed by atoms with van der Waals surface area (Å²) in [6, 6.07) is 17.4. The number of carbonyl (C=O) groups excluding carboxylic acids is 2. The lowest BCUT2D eigenvalue weighted by Gasteiger charge is -2.22. The summed E-state index contributed by atoms with van der Waals surface area (Å²) in [6.45, 7) is 1.94. The van der Waals surface area contributed by atoms with E-state index in [1.807, 2.05) is 43.3 Å². The molecule has 1 fully saturated rings. The number of pyridine rings is 1. The molecule has 0 aliphatic carbocycles. The Morgan fingerprint density at radius 1 is 1.03 bits per heavy atom. The normalized spacial score (nSPS) is 18.1. The van der Waals surface area contributed by atoms with Gasteiger partial charge in [0, 0.05) is 18.0 Å². The SMILES string of the molecule is Cc1ccc(/C(O)=C2\C(=O)C(=O)N(c3nc4ccccc4s3)C2c2cccnc2)cc1. The highest BCUT2D eigenvalue weighted by atomic mass is 32.1. The van der Waals surface area contributed by atoms with Crippen molar-refractivity contribution in [1.29, 1.82) is 0 Å². The van der Waals surface area contributed by atoms with Crippen LogP contribution in [0.4, 0.5) is 5.13 Å². The molecule has 1 aliphatic rings. The maximum atomic E-state index is 13.1. The second kappa shape index (κ2) is 7.45. The molecule has 3 heterocycles. The van der Waals surface area contributed by atoms with Crippen LogP contribution in [0.3, 0.4) is 0 Å².